The lowest BCUT2D eigenvalue weighted by Crippen LogP contribution is -2.45. The molecule has 2 N–H and O–H groups in total. The highest BCUT2D eigenvalue weighted by molar-refractivity contribution is 5.83. The third-order valence-electron chi connectivity index (χ3n) is 2.79. The summed E-state index contributed by atoms with van der Waals surface area (Å²) in [5.74, 6) is -1.86. The van der Waals surface area contributed by atoms with E-state index >= 15 is 0 Å². The molecule has 1 rings (SSSR count). The zero-order valence-corrected chi connectivity index (χ0v) is 11.8. The summed E-state index contributed by atoms with van der Waals surface area (Å²) in [6.45, 7) is 2.44. The maximum atomic E-state index is 11.8. The molecule has 0 aliphatic carbocycles. The minimum absolute atomic E-state index is 0.158. The van der Waals surface area contributed by atoms with E-state index in [2.05, 4.69) is 15.2 Å². The second-order valence-electron chi connectivity index (χ2n) is 4.35. The number of nitrogens with one attached hydrogen (secondary N) is 1. The number of carboxylic acids is 1. The van der Waals surface area contributed by atoms with Crippen LogP contribution in [-0.2, 0) is 20.9 Å². The molecule has 0 spiro atoms. The number of amides is 1. The van der Waals surface area contributed by atoms with Crippen LogP contribution in [0, 0.1) is 24.0 Å². The van der Waals surface area contributed by atoms with E-state index < -0.39 is 22.8 Å². The molecule has 0 aliphatic heterocycles. The van der Waals surface area contributed by atoms with E-state index in [1.807, 2.05) is 0 Å². The van der Waals surface area contributed by atoms with Crippen molar-refractivity contribution in [3.63, 3.8) is 0 Å². The Kier molecular flexibility index (Phi) is 5.36. The number of ether oxygens (including phenoxy) is 1. The van der Waals surface area contributed by atoms with Crippen LogP contribution in [0.1, 0.15) is 11.4 Å². The first-order valence-electron chi connectivity index (χ1n) is 5.97. The standard InChI is InChI=1S/C11H16N4O6/c1-6-10(15(19)20)7(2)14(13-6)4-9(16)12-8(5-21-3)11(17)18/h8H,4-5H2,1-3H3,(H,12,16)(H,17,18). The Hall–Kier alpha value is -2.49. The van der Waals surface area contributed by atoms with Gasteiger partial charge in [0.1, 0.15) is 17.9 Å². The molecule has 10 nitrogen and oxygen atoms in total. The lowest BCUT2D eigenvalue weighted by Gasteiger charge is -2.13. The zero-order valence-electron chi connectivity index (χ0n) is 11.8. The van der Waals surface area contributed by atoms with Crippen LogP contribution in [0.2, 0.25) is 0 Å². The molecule has 0 bridgehead atoms. The molecule has 0 aromatic carbocycles. The molecule has 0 aliphatic rings. The van der Waals surface area contributed by atoms with E-state index in [0.717, 1.165) is 4.68 Å². The second kappa shape index (κ2) is 6.79. The summed E-state index contributed by atoms with van der Waals surface area (Å²) in [7, 11) is 1.31. The van der Waals surface area contributed by atoms with Crippen LogP contribution < -0.4 is 5.32 Å². The van der Waals surface area contributed by atoms with E-state index in [1.165, 1.54) is 21.0 Å². The van der Waals surface area contributed by atoms with Crippen LogP contribution in [-0.4, -0.2) is 51.4 Å². The molecule has 1 heterocycles. The average molecular weight is 300 g/mol. The molecule has 0 radical (unpaired) electrons. The predicted octanol–water partition coefficient (Wildman–Crippen LogP) is -0.376. The van der Waals surface area contributed by atoms with Gasteiger partial charge < -0.3 is 15.2 Å². The number of aromatic nitrogens is 2. The number of carbonyl (C=O) groups is 2. The third kappa shape index (κ3) is 3.99. The molecule has 0 saturated heterocycles. The molecular formula is C11H16N4O6. The molecule has 1 aromatic heterocycles. The Bertz CT molecular complexity index is 567. The van der Waals surface area contributed by atoms with Crippen molar-refractivity contribution in [3.05, 3.63) is 21.5 Å². The number of hydrogen-bond acceptors (Lipinski definition) is 6. The zero-order chi connectivity index (χ0) is 16.2. The Labute approximate surface area is 119 Å². The number of carbonyl (C=O) groups excluding carboxylic acids is 1. The Morgan fingerprint density at radius 1 is 1.52 bits per heavy atom. The van der Waals surface area contributed by atoms with Crippen LogP contribution in [0.25, 0.3) is 0 Å². The summed E-state index contributed by atoms with van der Waals surface area (Å²) in [4.78, 5) is 32.9. The van der Waals surface area contributed by atoms with Crippen molar-refractivity contribution in [2.75, 3.05) is 13.7 Å². The van der Waals surface area contributed by atoms with Gasteiger partial charge in [-0.05, 0) is 13.8 Å². The van der Waals surface area contributed by atoms with E-state index in [4.69, 9.17) is 5.11 Å². The molecule has 1 unspecified atom stereocenters. The number of carboxylic acid groups (broad SMARTS) is 1. The summed E-state index contributed by atoms with van der Waals surface area (Å²) in [6, 6.07) is -1.19. The molecule has 0 saturated carbocycles. The van der Waals surface area contributed by atoms with Crippen molar-refractivity contribution in [2.45, 2.75) is 26.4 Å². The first-order valence-corrected chi connectivity index (χ1v) is 5.97. The molecule has 1 amide bonds. The van der Waals surface area contributed by atoms with Gasteiger partial charge in [-0.3, -0.25) is 19.6 Å². The Morgan fingerprint density at radius 2 is 2.14 bits per heavy atom. The lowest BCUT2D eigenvalue weighted by atomic mass is 10.3. The third-order valence-corrected chi connectivity index (χ3v) is 2.79. The first-order chi connectivity index (χ1) is 9.77. The molecule has 10 heteroatoms. The molecule has 1 atom stereocenters. The number of aliphatic carboxylic acids is 1. The number of methoxy groups -OCH3 is 1. The largest absolute Gasteiger partial charge is 0.480 e. The summed E-state index contributed by atoms with van der Waals surface area (Å²) >= 11 is 0. The Balaban J connectivity index is 2.82. The van der Waals surface area contributed by atoms with E-state index in [9.17, 15) is 19.7 Å². The highest BCUT2D eigenvalue weighted by Gasteiger charge is 2.24. The molecule has 0 fully saturated rings. The smallest absolute Gasteiger partial charge is 0.328 e. The normalized spacial score (nSPS) is 12.0. The van der Waals surface area contributed by atoms with Crippen molar-refractivity contribution in [1.29, 1.82) is 0 Å². The topological polar surface area (TPSA) is 137 Å². The fourth-order valence-corrected chi connectivity index (χ4v) is 1.82. The fraction of sp³-hybridized carbons (Fsp3) is 0.545. The van der Waals surface area contributed by atoms with Crippen LogP contribution in [0.4, 0.5) is 5.69 Å². The maximum absolute atomic E-state index is 11.8. The van der Waals surface area contributed by atoms with Gasteiger partial charge in [-0.25, -0.2) is 4.79 Å². The summed E-state index contributed by atoms with van der Waals surface area (Å²) < 4.78 is 5.85. The van der Waals surface area contributed by atoms with Crippen LogP contribution in [0.3, 0.4) is 0 Å². The highest BCUT2D eigenvalue weighted by Crippen LogP contribution is 2.21. The van der Waals surface area contributed by atoms with Gasteiger partial charge in [-0.1, -0.05) is 0 Å². The SMILES string of the molecule is COCC(NC(=O)Cn1nc(C)c([N+](=O)[O-])c1C)C(=O)O. The van der Waals surface area contributed by atoms with Gasteiger partial charge in [0, 0.05) is 7.11 Å². The van der Waals surface area contributed by atoms with Gasteiger partial charge in [0.05, 0.1) is 11.5 Å². The average Bonchev–Trinajstić information content (AvgIpc) is 2.63. The monoisotopic (exact) mass is 300 g/mol. The minimum atomic E-state index is -1.23. The second-order valence-corrected chi connectivity index (χ2v) is 4.35. The molecule has 1 aromatic rings. The summed E-state index contributed by atoms with van der Waals surface area (Å²) in [6.07, 6.45) is 0. The summed E-state index contributed by atoms with van der Waals surface area (Å²) in [5.41, 5.74) is 0.262. The molecule has 21 heavy (non-hydrogen) atoms. The number of nitro groups is 1. The van der Waals surface area contributed by atoms with Crippen molar-refractivity contribution < 1.29 is 24.4 Å². The lowest BCUT2D eigenvalue weighted by molar-refractivity contribution is -0.386. The molecular weight excluding hydrogens is 284 g/mol. The number of rotatable bonds is 7. The van der Waals surface area contributed by atoms with E-state index in [-0.39, 0.29) is 30.2 Å². The molecule has 116 valence electrons. The van der Waals surface area contributed by atoms with Crippen LogP contribution >= 0.6 is 0 Å². The maximum Gasteiger partial charge on any atom is 0.328 e. The van der Waals surface area contributed by atoms with Gasteiger partial charge in [0.2, 0.25) is 5.91 Å². The van der Waals surface area contributed by atoms with Gasteiger partial charge in [0.25, 0.3) is 0 Å². The van der Waals surface area contributed by atoms with Gasteiger partial charge in [-0.15, -0.1) is 0 Å². The minimum Gasteiger partial charge on any atom is -0.480 e. The fourth-order valence-electron chi connectivity index (χ4n) is 1.82. The van der Waals surface area contributed by atoms with Crippen molar-refractivity contribution in [2.24, 2.45) is 0 Å². The summed E-state index contributed by atoms with van der Waals surface area (Å²) in [5, 5.41) is 25.9. The van der Waals surface area contributed by atoms with Crippen molar-refractivity contribution >= 4 is 17.6 Å². The van der Waals surface area contributed by atoms with Crippen molar-refractivity contribution in [1.82, 2.24) is 15.1 Å². The van der Waals surface area contributed by atoms with Gasteiger partial charge in [-0.2, -0.15) is 5.10 Å². The van der Waals surface area contributed by atoms with Crippen LogP contribution in [0.5, 0.6) is 0 Å². The predicted molar refractivity (Wildman–Crippen MR) is 69.8 cm³/mol. The van der Waals surface area contributed by atoms with Crippen LogP contribution in [0.15, 0.2) is 0 Å². The number of aryl methyl sites for hydroxylation is 1. The van der Waals surface area contributed by atoms with Gasteiger partial charge >= 0.3 is 11.7 Å². The van der Waals surface area contributed by atoms with Gasteiger partial charge in [0.15, 0.2) is 6.04 Å². The van der Waals surface area contributed by atoms with E-state index in [0.29, 0.717) is 0 Å². The number of nitrogens with zero attached hydrogens (tertiary/aromatic N) is 3. The first kappa shape index (κ1) is 16.6. The number of hydrogen-bond donors (Lipinski definition) is 2. The van der Waals surface area contributed by atoms with Crippen molar-refractivity contribution in [3.8, 4) is 0 Å². The van der Waals surface area contributed by atoms with E-state index in [1.54, 1.807) is 0 Å². The highest BCUT2D eigenvalue weighted by atomic mass is 16.6. The Morgan fingerprint density at radius 3 is 2.57 bits per heavy atom. The quantitative estimate of drug-likeness (QED) is 0.517.